The lowest BCUT2D eigenvalue weighted by Gasteiger charge is -2.51. The van der Waals surface area contributed by atoms with Crippen LogP contribution >= 0.6 is 0 Å². The van der Waals surface area contributed by atoms with Gasteiger partial charge in [0.15, 0.2) is 0 Å². The molecular formula is C29H29N3O4. The topological polar surface area (TPSA) is 77.7 Å². The average Bonchev–Trinajstić information content (AvgIpc) is 2.93. The molecule has 7 nitrogen and oxygen atoms in total. The molecule has 0 amide bonds. The van der Waals surface area contributed by atoms with Gasteiger partial charge in [-0.15, -0.1) is 6.58 Å². The van der Waals surface area contributed by atoms with Crippen molar-refractivity contribution in [3.63, 3.8) is 0 Å². The molecule has 3 aromatic rings. The highest BCUT2D eigenvalue weighted by Gasteiger charge is 2.43. The van der Waals surface area contributed by atoms with Crippen molar-refractivity contribution in [3.8, 4) is 17.6 Å². The van der Waals surface area contributed by atoms with Gasteiger partial charge in [0, 0.05) is 41.9 Å². The number of hydrogen-bond acceptors (Lipinski definition) is 6. The summed E-state index contributed by atoms with van der Waals surface area (Å²) in [5, 5.41) is 11.9. The van der Waals surface area contributed by atoms with Crippen molar-refractivity contribution >= 4 is 16.6 Å². The van der Waals surface area contributed by atoms with Crippen LogP contribution in [-0.4, -0.2) is 47.7 Å². The molecule has 4 heterocycles. The van der Waals surface area contributed by atoms with Gasteiger partial charge in [0.25, 0.3) is 5.69 Å². The Balaban J connectivity index is 1.44. The van der Waals surface area contributed by atoms with Crippen LogP contribution in [0.4, 0.5) is 5.69 Å². The number of nitro benzene ring substituents is 1. The van der Waals surface area contributed by atoms with Crippen LogP contribution < -0.4 is 4.74 Å². The number of hydrogen-bond donors (Lipinski definition) is 0. The predicted octanol–water partition coefficient (Wildman–Crippen LogP) is 5.16. The molecule has 0 N–H and O–H groups in total. The first kappa shape index (κ1) is 24.0. The maximum atomic E-state index is 10.9. The summed E-state index contributed by atoms with van der Waals surface area (Å²) in [5.74, 6) is 8.09. The summed E-state index contributed by atoms with van der Waals surface area (Å²) >= 11 is 0. The van der Waals surface area contributed by atoms with Crippen LogP contribution in [0.2, 0.25) is 0 Å². The molecule has 3 aliphatic rings. The summed E-state index contributed by atoms with van der Waals surface area (Å²) in [6, 6.07) is 14.5. The summed E-state index contributed by atoms with van der Waals surface area (Å²) < 4.78 is 12.0. The van der Waals surface area contributed by atoms with Crippen LogP contribution in [-0.2, 0) is 4.74 Å². The number of nitrogens with zero attached hydrogens (tertiary/aromatic N) is 3. The lowest BCUT2D eigenvalue weighted by Crippen LogP contribution is -2.55. The minimum absolute atomic E-state index is 0.0519. The molecule has 0 aliphatic carbocycles. The van der Waals surface area contributed by atoms with Crippen LogP contribution in [0.3, 0.4) is 0 Å². The Hall–Kier alpha value is -3.73. The summed E-state index contributed by atoms with van der Waals surface area (Å²) in [5.41, 5.74) is 2.76. The van der Waals surface area contributed by atoms with Gasteiger partial charge >= 0.3 is 0 Å². The third-order valence-electron chi connectivity index (χ3n) is 7.44. The molecule has 2 bridgehead atoms. The number of aromatic nitrogens is 1. The van der Waals surface area contributed by atoms with Gasteiger partial charge in [-0.05, 0) is 73.2 Å². The van der Waals surface area contributed by atoms with E-state index in [1.54, 1.807) is 19.2 Å². The largest absolute Gasteiger partial charge is 0.497 e. The number of pyridine rings is 1. The number of nitro groups is 1. The highest BCUT2D eigenvalue weighted by Crippen LogP contribution is 2.43. The fourth-order valence-electron chi connectivity index (χ4n) is 5.56. The third kappa shape index (κ3) is 4.83. The van der Waals surface area contributed by atoms with Gasteiger partial charge in [0.2, 0.25) is 0 Å². The van der Waals surface area contributed by atoms with Crippen molar-refractivity contribution in [3.05, 3.63) is 88.6 Å². The van der Waals surface area contributed by atoms with Crippen molar-refractivity contribution in [2.45, 2.75) is 25.0 Å². The summed E-state index contributed by atoms with van der Waals surface area (Å²) in [7, 11) is 1.67. The Morgan fingerprint density at radius 3 is 2.81 bits per heavy atom. The smallest absolute Gasteiger partial charge is 0.269 e. The lowest BCUT2D eigenvalue weighted by molar-refractivity contribution is -0.384. The number of piperidine rings is 3. The number of benzene rings is 2. The first-order valence-corrected chi connectivity index (χ1v) is 12.2. The first-order valence-electron chi connectivity index (χ1n) is 12.2. The molecule has 1 aromatic heterocycles. The highest BCUT2D eigenvalue weighted by atomic mass is 16.6. The number of non-ortho nitro benzene ring substituents is 1. The molecule has 3 fully saturated rings. The molecule has 2 aromatic carbocycles. The maximum absolute atomic E-state index is 10.9. The maximum Gasteiger partial charge on any atom is 0.269 e. The Morgan fingerprint density at radius 1 is 1.28 bits per heavy atom. The Bertz CT molecular complexity index is 1330. The van der Waals surface area contributed by atoms with Gasteiger partial charge < -0.3 is 9.47 Å². The van der Waals surface area contributed by atoms with E-state index in [9.17, 15) is 10.1 Å². The van der Waals surface area contributed by atoms with E-state index in [4.69, 9.17) is 9.47 Å². The second kappa shape index (κ2) is 10.5. The molecule has 0 spiro atoms. The third-order valence-corrected chi connectivity index (χ3v) is 7.44. The minimum atomic E-state index is -0.414. The Morgan fingerprint density at radius 2 is 2.11 bits per heavy atom. The van der Waals surface area contributed by atoms with Crippen LogP contribution in [0, 0.1) is 33.8 Å². The minimum Gasteiger partial charge on any atom is -0.497 e. The number of rotatable bonds is 7. The first-order chi connectivity index (χ1) is 17.6. The molecule has 5 atom stereocenters. The molecule has 36 heavy (non-hydrogen) atoms. The van der Waals surface area contributed by atoms with Gasteiger partial charge in [-0.2, -0.15) is 0 Å². The zero-order chi connectivity index (χ0) is 25.1. The fraction of sp³-hybridized carbons (Fsp3) is 0.345. The van der Waals surface area contributed by atoms with Gasteiger partial charge in [-0.25, -0.2) is 0 Å². The van der Waals surface area contributed by atoms with Gasteiger partial charge in [0.1, 0.15) is 12.4 Å². The van der Waals surface area contributed by atoms with Gasteiger partial charge in [-0.3, -0.25) is 20.0 Å². The fourth-order valence-corrected chi connectivity index (χ4v) is 5.56. The van der Waals surface area contributed by atoms with Crippen molar-refractivity contribution in [1.29, 1.82) is 0 Å². The van der Waals surface area contributed by atoms with Gasteiger partial charge in [0.05, 0.1) is 23.7 Å². The molecule has 3 aliphatic heterocycles. The van der Waals surface area contributed by atoms with E-state index in [0.29, 0.717) is 17.4 Å². The van der Waals surface area contributed by atoms with E-state index in [1.807, 2.05) is 30.5 Å². The molecule has 7 heteroatoms. The zero-order valence-electron chi connectivity index (χ0n) is 20.3. The van der Waals surface area contributed by atoms with Crippen LogP contribution in [0.5, 0.6) is 5.75 Å². The molecule has 6 rings (SSSR count). The standard InChI is InChI=1S/C29H29N3O4/c1-3-21-19-31-15-13-22(21)17-28(31)29(25-12-14-30-27-11-10-24(35-2)18-26(25)27)36-16-4-5-20-6-8-23(9-7-20)32(33)34/h3,6-12,14,18,21-22,28-29H,1,13,15-17,19H2,2H3/t21-,22?,28-,29+/m1/s1. The van der Waals surface area contributed by atoms with Crippen LogP contribution in [0.1, 0.15) is 30.1 Å². The molecule has 3 saturated heterocycles. The zero-order valence-corrected chi connectivity index (χ0v) is 20.3. The van der Waals surface area contributed by atoms with E-state index in [2.05, 4.69) is 34.4 Å². The summed E-state index contributed by atoms with van der Waals surface area (Å²) in [6.45, 7) is 6.36. The molecular weight excluding hydrogens is 454 g/mol. The normalized spacial score (nSPS) is 23.5. The van der Waals surface area contributed by atoms with Crippen molar-refractivity contribution < 1.29 is 14.4 Å². The van der Waals surface area contributed by atoms with Crippen molar-refractivity contribution in [1.82, 2.24) is 9.88 Å². The SMILES string of the molecule is C=C[C@@H]1CN2CCC1C[C@@H]2[C@@H](OCC#Cc1ccc([N+](=O)[O-])cc1)c1ccnc2ccc(OC)cc12. The number of fused-ring (bicyclic) bond motifs is 4. The van der Waals surface area contributed by atoms with Crippen molar-refractivity contribution in [2.75, 3.05) is 26.8 Å². The van der Waals surface area contributed by atoms with E-state index < -0.39 is 4.92 Å². The molecule has 0 radical (unpaired) electrons. The average molecular weight is 484 g/mol. The molecule has 184 valence electrons. The van der Waals surface area contributed by atoms with Crippen LogP contribution in [0.15, 0.2) is 67.4 Å². The Labute approximate surface area is 210 Å². The lowest BCUT2D eigenvalue weighted by atomic mass is 9.73. The Kier molecular flexibility index (Phi) is 6.99. The molecule has 0 saturated carbocycles. The van der Waals surface area contributed by atoms with Gasteiger partial charge in [-0.1, -0.05) is 17.9 Å². The monoisotopic (exact) mass is 483 g/mol. The van der Waals surface area contributed by atoms with E-state index in [1.165, 1.54) is 18.6 Å². The van der Waals surface area contributed by atoms with E-state index in [0.717, 1.165) is 41.7 Å². The second-order valence-corrected chi connectivity index (χ2v) is 9.37. The number of ether oxygens (including phenoxy) is 2. The molecule has 2 unspecified atom stereocenters. The van der Waals surface area contributed by atoms with Crippen LogP contribution in [0.25, 0.3) is 10.9 Å². The van der Waals surface area contributed by atoms with Crippen molar-refractivity contribution in [2.24, 2.45) is 11.8 Å². The second-order valence-electron chi connectivity index (χ2n) is 9.37. The predicted molar refractivity (Wildman–Crippen MR) is 139 cm³/mol. The quantitative estimate of drug-likeness (QED) is 0.200. The summed E-state index contributed by atoms with van der Waals surface area (Å²) in [4.78, 5) is 17.6. The van der Waals surface area contributed by atoms with E-state index >= 15 is 0 Å². The summed E-state index contributed by atoms with van der Waals surface area (Å²) in [6.07, 6.45) is 6.00. The number of methoxy groups -OCH3 is 1. The highest BCUT2D eigenvalue weighted by molar-refractivity contribution is 5.84. The van der Waals surface area contributed by atoms with E-state index in [-0.39, 0.29) is 24.4 Å².